The zero-order valence-corrected chi connectivity index (χ0v) is 13.8. The standard InChI is InChI=1S/C17H26N2O3/c1-4-18-7-9-19(10-8-18)17(20)6-5-14-11-15(21-2)13-16(12-14)22-3/h11-13H,4-10H2,1-3H3. The van der Waals surface area contributed by atoms with Crippen LogP contribution < -0.4 is 9.47 Å². The van der Waals surface area contributed by atoms with Crippen LogP contribution in [0.25, 0.3) is 0 Å². The van der Waals surface area contributed by atoms with Gasteiger partial charge in [0.1, 0.15) is 11.5 Å². The summed E-state index contributed by atoms with van der Waals surface area (Å²) in [4.78, 5) is 16.7. The fourth-order valence-corrected chi connectivity index (χ4v) is 2.73. The topological polar surface area (TPSA) is 42.0 Å². The van der Waals surface area contributed by atoms with Crippen molar-refractivity contribution in [1.29, 1.82) is 0 Å². The molecule has 2 rings (SSSR count). The summed E-state index contributed by atoms with van der Waals surface area (Å²) in [5, 5.41) is 0. The van der Waals surface area contributed by atoms with E-state index in [9.17, 15) is 4.79 Å². The van der Waals surface area contributed by atoms with Crippen LogP contribution in [0.1, 0.15) is 18.9 Å². The van der Waals surface area contributed by atoms with E-state index in [0.717, 1.165) is 49.8 Å². The number of nitrogens with zero attached hydrogens (tertiary/aromatic N) is 2. The Bertz CT molecular complexity index is 474. The molecule has 122 valence electrons. The van der Waals surface area contributed by atoms with Gasteiger partial charge in [0.05, 0.1) is 14.2 Å². The van der Waals surface area contributed by atoms with Gasteiger partial charge in [-0.1, -0.05) is 6.92 Å². The lowest BCUT2D eigenvalue weighted by atomic mass is 10.1. The molecule has 1 amide bonds. The number of methoxy groups -OCH3 is 2. The van der Waals surface area contributed by atoms with E-state index in [0.29, 0.717) is 12.8 Å². The van der Waals surface area contributed by atoms with Gasteiger partial charge >= 0.3 is 0 Å². The summed E-state index contributed by atoms with van der Waals surface area (Å²) in [6.07, 6.45) is 1.24. The van der Waals surface area contributed by atoms with Gasteiger partial charge in [0.25, 0.3) is 0 Å². The van der Waals surface area contributed by atoms with E-state index in [1.54, 1.807) is 14.2 Å². The number of amides is 1. The summed E-state index contributed by atoms with van der Waals surface area (Å²) < 4.78 is 10.5. The molecule has 0 bridgehead atoms. The SMILES string of the molecule is CCN1CCN(C(=O)CCc2cc(OC)cc(OC)c2)CC1. The Hall–Kier alpha value is -1.75. The van der Waals surface area contributed by atoms with Crippen molar-refractivity contribution >= 4 is 5.91 Å². The van der Waals surface area contributed by atoms with Crippen LogP contribution >= 0.6 is 0 Å². The van der Waals surface area contributed by atoms with Crippen molar-refractivity contribution in [3.63, 3.8) is 0 Å². The van der Waals surface area contributed by atoms with Crippen molar-refractivity contribution in [2.45, 2.75) is 19.8 Å². The quantitative estimate of drug-likeness (QED) is 0.804. The second-order valence-electron chi connectivity index (χ2n) is 5.54. The summed E-state index contributed by atoms with van der Waals surface area (Å²) in [5.41, 5.74) is 1.07. The van der Waals surface area contributed by atoms with Crippen LogP contribution in [0.3, 0.4) is 0 Å². The first-order chi connectivity index (χ1) is 10.7. The van der Waals surface area contributed by atoms with Gasteiger partial charge in [-0.25, -0.2) is 0 Å². The Balaban J connectivity index is 1.88. The molecule has 22 heavy (non-hydrogen) atoms. The Morgan fingerprint density at radius 1 is 1.05 bits per heavy atom. The Kier molecular flexibility index (Phi) is 6.07. The van der Waals surface area contributed by atoms with Gasteiger partial charge in [-0.15, -0.1) is 0 Å². The molecule has 0 atom stereocenters. The third-order valence-corrected chi connectivity index (χ3v) is 4.21. The number of rotatable bonds is 6. The first kappa shape index (κ1) is 16.6. The van der Waals surface area contributed by atoms with E-state index in [1.165, 1.54) is 0 Å². The largest absolute Gasteiger partial charge is 0.497 e. The smallest absolute Gasteiger partial charge is 0.222 e. The van der Waals surface area contributed by atoms with Crippen molar-refractivity contribution in [1.82, 2.24) is 9.80 Å². The lowest BCUT2D eigenvalue weighted by molar-refractivity contribution is -0.132. The molecule has 0 saturated carbocycles. The highest BCUT2D eigenvalue weighted by Crippen LogP contribution is 2.23. The van der Waals surface area contributed by atoms with Crippen LogP contribution in [0, 0.1) is 0 Å². The molecule has 5 heteroatoms. The van der Waals surface area contributed by atoms with Gasteiger partial charge in [0.15, 0.2) is 0 Å². The van der Waals surface area contributed by atoms with Crippen LogP contribution in [0.5, 0.6) is 11.5 Å². The first-order valence-electron chi connectivity index (χ1n) is 7.88. The minimum atomic E-state index is 0.234. The fourth-order valence-electron chi connectivity index (χ4n) is 2.73. The van der Waals surface area contributed by atoms with Gasteiger partial charge in [0, 0.05) is 38.7 Å². The zero-order valence-electron chi connectivity index (χ0n) is 13.8. The number of piperazine rings is 1. The number of carbonyl (C=O) groups is 1. The maximum absolute atomic E-state index is 12.3. The second kappa shape index (κ2) is 8.03. The van der Waals surface area contributed by atoms with E-state index in [-0.39, 0.29) is 5.91 Å². The monoisotopic (exact) mass is 306 g/mol. The molecule has 0 radical (unpaired) electrons. The molecule has 1 saturated heterocycles. The number of carbonyl (C=O) groups excluding carboxylic acids is 1. The van der Waals surface area contributed by atoms with E-state index < -0.39 is 0 Å². The van der Waals surface area contributed by atoms with E-state index >= 15 is 0 Å². The molecular weight excluding hydrogens is 280 g/mol. The number of hydrogen-bond acceptors (Lipinski definition) is 4. The predicted molar refractivity (Wildman–Crippen MR) is 86.6 cm³/mol. The molecule has 0 N–H and O–H groups in total. The Labute approximate surface area is 132 Å². The first-order valence-corrected chi connectivity index (χ1v) is 7.88. The highest BCUT2D eigenvalue weighted by Gasteiger charge is 2.19. The van der Waals surface area contributed by atoms with Gasteiger partial charge in [-0.05, 0) is 30.7 Å². The van der Waals surface area contributed by atoms with Crippen molar-refractivity contribution < 1.29 is 14.3 Å². The molecule has 1 aromatic carbocycles. The van der Waals surface area contributed by atoms with Gasteiger partial charge in [-0.2, -0.15) is 0 Å². The van der Waals surface area contributed by atoms with Crippen molar-refractivity contribution in [2.24, 2.45) is 0 Å². The van der Waals surface area contributed by atoms with Gasteiger partial charge < -0.3 is 19.3 Å². The van der Waals surface area contributed by atoms with E-state index in [4.69, 9.17) is 9.47 Å². The average Bonchev–Trinajstić information content (AvgIpc) is 2.59. The average molecular weight is 306 g/mol. The second-order valence-corrected chi connectivity index (χ2v) is 5.54. The minimum Gasteiger partial charge on any atom is -0.497 e. The molecule has 1 heterocycles. The fraction of sp³-hybridized carbons (Fsp3) is 0.588. The number of likely N-dealkylation sites (N-methyl/N-ethyl adjacent to an activating group) is 1. The van der Waals surface area contributed by atoms with Crippen molar-refractivity contribution in [3.8, 4) is 11.5 Å². The summed E-state index contributed by atoms with van der Waals surface area (Å²) >= 11 is 0. The highest BCUT2D eigenvalue weighted by atomic mass is 16.5. The van der Waals surface area contributed by atoms with Crippen LogP contribution in [0.2, 0.25) is 0 Å². The van der Waals surface area contributed by atoms with E-state index in [2.05, 4.69) is 11.8 Å². The molecule has 0 aliphatic carbocycles. The molecular formula is C17H26N2O3. The normalized spacial score (nSPS) is 15.7. The summed E-state index contributed by atoms with van der Waals surface area (Å²) in [7, 11) is 3.27. The third kappa shape index (κ3) is 4.37. The van der Waals surface area contributed by atoms with Crippen LogP contribution in [0.15, 0.2) is 18.2 Å². The van der Waals surface area contributed by atoms with Crippen LogP contribution in [-0.4, -0.2) is 62.7 Å². The molecule has 1 aliphatic rings. The predicted octanol–water partition coefficient (Wildman–Crippen LogP) is 1.80. The number of ether oxygens (including phenoxy) is 2. The number of hydrogen-bond donors (Lipinski definition) is 0. The molecule has 1 aliphatic heterocycles. The molecule has 5 nitrogen and oxygen atoms in total. The zero-order chi connectivity index (χ0) is 15.9. The maximum Gasteiger partial charge on any atom is 0.222 e. The van der Waals surface area contributed by atoms with Crippen LogP contribution in [0.4, 0.5) is 0 Å². The van der Waals surface area contributed by atoms with Crippen molar-refractivity contribution in [2.75, 3.05) is 46.9 Å². The molecule has 1 fully saturated rings. The van der Waals surface area contributed by atoms with Crippen molar-refractivity contribution in [3.05, 3.63) is 23.8 Å². The third-order valence-electron chi connectivity index (χ3n) is 4.21. The Morgan fingerprint density at radius 2 is 1.64 bits per heavy atom. The molecule has 0 aromatic heterocycles. The number of benzene rings is 1. The highest BCUT2D eigenvalue weighted by molar-refractivity contribution is 5.76. The maximum atomic E-state index is 12.3. The minimum absolute atomic E-state index is 0.234. The van der Waals surface area contributed by atoms with Crippen LogP contribution in [-0.2, 0) is 11.2 Å². The molecule has 1 aromatic rings. The van der Waals surface area contributed by atoms with Gasteiger partial charge in [0.2, 0.25) is 5.91 Å². The Morgan fingerprint density at radius 3 is 2.14 bits per heavy atom. The molecule has 0 unspecified atom stereocenters. The summed E-state index contributed by atoms with van der Waals surface area (Å²) in [5.74, 6) is 1.76. The summed E-state index contributed by atoms with van der Waals surface area (Å²) in [6, 6.07) is 5.77. The van der Waals surface area contributed by atoms with Gasteiger partial charge in [-0.3, -0.25) is 4.79 Å². The number of aryl methyl sites for hydroxylation is 1. The lowest BCUT2D eigenvalue weighted by Gasteiger charge is -2.34. The van der Waals surface area contributed by atoms with E-state index in [1.807, 2.05) is 23.1 Å². The summed E-state index contributed by atoms with van der Waals surface area (Å²) in [6.45, 7) is 6.87. The molecule has 0 spiro atoms. The lowest BCUT2D eigenvalue weighted by Crippen LogP contribution is -2.48.